The molecule has 3 amide bonds. The van der Waals surface area contributed by atoms with E-state index in [-0.39, 0.29) is 37.1 Å². The molecule has 0 aromatic heterocycles. The molecule has 0 saturated carbocycles. The highest BCUT2D eigenvalue weighted by Crippen LogP contribution is 2.36. The maximum atomic E-state index is 13.1. The number of hydrogen-bond donors (Lipinski definition) is 1. The smallest absolute Gasteiger partial charge is 0.293 e. The molecule has 2 aliphatic rings. The van der Waals surface area contributed by atoms with Gasteiger partial charge in [0, 0.05) is 19.2 Å². The molecule has 1 fully saturated rings. The standard InChI is InChI=1S/C21H17FN2O6S/c22-14-2-1-3-15(10-14)28-11-19(25)23-6-7-24-20(26)18(31-21(24)27)9-13-4-5-16-17(8-13)30-12-29-16/h1-5,8-10H,6-7,11-12H2,(H,23,25)/b18-9-. The first-order valence-corrected chi connectivity index (χ1v) is 10.1. The molecule has 0 atom stereocenters. The van der Waals surface area contributed by atoms with Gasteiger partial charge in [-0.2, -0.15) is 0 Å². The van der Waals surface area contributed by atoms with Crippen molar-refractivity contribution in [3.8, 4) is 17.2 Å². The monoisotopic (exact) mass is 444 g/mol. The first kappa shape index (κ1) is 20.7. The zero-order valence-electron chi connectivity index (χ0n) is 16.1. The highest BCUT2D eigenvalue weighted by Gasteiger charge is 2.34. The number of hydrogen-bond acceptors (Lipinski definition) is 7. The van der Waals surface area contributed by atoms with Gasteiger partial charge in [0.1, 0.15) is 11.6 Å². The van der Waals surface area contributed by atoms with Gasteiger partial charge in [0.15, 0.2) is 18.1 Å². The summed E-state index contributed by atoms with van der Waals surface area (Å²) in [6.07, 6.45) is 1.61. The van der Waals surface area contributed by atoms with E-state index < -0.39 is 22.9 Å². The van der Waals surface area contributed by atoms with E-state index in [0.717, 1.165) is 16.7 Å². The number of amides is 3. The van der Waals surface area contributed by atoms with E-state index in [1.807, 2.05) is 0 Å². The molecule has 0 spiro atoms. The Hall–Kier alpha value is -3.53. The molecular weight excluding hydrogens is 427 g/mol. The Balaban J connectivity index is 1.27. The van der Waals surface area contributed by atoms with Crippen LogP contribution in [0.15, 0.2) is 47.4 Å². The van der Waals surface area contributed by atoms with Gasteiger partial charge in [0.25, 0.3) is 17.1 Å². The van der Waals surface area contributed by atoms with Crippen LogP contribution in [-0.2, 0) is 9.59 Å². The summed E-state index contributed by atoms with van der Waals surface area (Å²) >= 11 is 0.831. The summed E-state index contributed by atoms with van der Waals surface area (Å²) < 4.78 is 28.9. The van der Waals surface area contributed by atoms with Gasteiger partial charge in [0.05, 0.1) is 4.91 Å². The van der Waals surface area contributed by atoms with Crippen LogP contribution >= 0.6 is 11.8 Å². The van der Waals surface area contributed by atoms with Crippen LogP contribution in [0.5, 0.6) is 17.2 Å². The van der Waals surface area contributed by atoms with E-state index in [9.17, 15) is 18.8 Å². The number of halogens is 1. The SMILES string of the molecule is O=C(COc1cccc(F)c1)NCCN1C(=O)S/C(=C\c2ccc3c(c2)OCO3)C1=O. The average Bonchev–Trinajstić information content (AvgIpc) is 3.31. The van der Waals surface area contributed by atoms with Crippen molar-refractivity contribution in [1.29, 1.82) is 0 Å². The summed E-state index contributed by atoms with van der Waals surface area (Å²) in [4.78, 5) is 38.0. The summed E-state index contributed by atoms with van der Waals surface area (Å²) in [6, 6.07) is 10.7. The van der Waals surface area contributed by atoms with Crippen LogP contribution in [0.3, 0.4) is 0 Å². The fourth-order valence-corrected chi connectivity index (χ4v) is 3.78. The first-order chi connectivity index (χ1) is 15.0. The lowest BCUT2D eigenvalue weighted by atomic mass is 10.2. The third-order valence-corrected chi connectivity index (χ3v) is 5.30. The number of thioether (sulfide) groups is 1. The fraction of sp³-hybridized carbons (Fsp3) is 0.190. The molecule has 4 rings (SSSR count). The van der Waals surface area contributed by atoms with Crippen molar-refractivity contribution in [2.45, 2.75) is 0 Å². The van der Waals surface area contributed by atoms with E-state index in [2.05, 4.69) is 5.32 Å². The van der Waals surface area contributed by atoms with Gasteiger partial charge < -0.3 is 19.5 Å². The van der Waals surface area contributed by atoms with Gasteiger partial charge in [-0.25, -0.2) is 4.39 Å². The molecular formula is C21H17FN2O6S. The molecule has 0 aliphatic carbocycles. The van der Waals surface area contributed by atoms with Crippen molar-refractivity contribution in [1.82, 2.24) is 10.2 Å². The Labute approximate surface area is 180 Å². The minimum atomic E-state index is -0.467. The summed E-state index contributed by atoms with van der Waals surface area (Å²) in [5.74, 6) is 0.0874. The Morgan fingerprint density at radius 2 is 2.03 bits per heavy atom. The minimum Gasteiger partial charge on any atom is -0.484 e. The third-order valence-electron chi connectivity index (χ3n) is 4.39. The lowest BCUT2D eigenvalue weighted by molar-refractivity contribution is -0.125. The van der Waals surface area contributed by atoms with E-state index >= 15 is 0 Å². The highest BCUT2D eigenvalue weighted by atomic mass is 32.2. The van der Waals surface area contributed by atoms with Gasteiger partial charge in [-0.05, 0) is 47.7 Å². The number of rotatable bonds is 7. The topological polar surface area (TPSA) is 94.2 Å². The average molecular weight is 444 g/mol. The molecule has 0 bridgehead atoms. The maximum Gasteiger partial charge on any atom is 0.293 e. The summed E-state index contributed by atoms with van der Waals surface area (Å²) in [5.41, 5.74) is 0.706. The Morgan fingerprint density at radius 3 is 2.87 bits per heavy atom. The van der Waals surface area contributed by atoms with Gasteiger partial charge >= 0.3 is 0 Å². The number of nitrogens with zero attached hydrogens (tertiary/aromatic N) is 1. The number of carbonyl (C=O) groups is 3. The molecule has 8 nitrogen and oxygen atoms in total. The second-order valence-electron chi connectivity index (χ2n) is 6.54. The molecule has 2 aromatic rings. The van der Waals surface area contributed by atoms with Crippen molar-refractivity contribution in [2.24, 2.45) is 0 Å². The molecule has 2 aliphatic heterocycles. The van der Waals surface area contributed by atoms with E-state index in [1.165, 1.54) is 24.3 Å². The summed E-state index contributed by atoms with van der Waals surface area (Å²) in [5, 5.41) is 2.15. The van der Waals surface area contributed by atoms with Crippen molar-refractivity contribution < 1.29 is 33.0 Å². The Morgan fingerprint density at radius 1 is 1.19 bits per heavy atom. The third kappa shape index (κ3) is 4.97. The van der Waals surface area contributed by atoms with Crippen LogP contribution in [0.4, 0.5) is 9.18 Å². The summed E-state index contributed by atoms with van der Waals surface area (Å²) in [7, 11) is 0. The van der Waals surface area contributed by atoms with Crippen molar-refractivity contribution in [2.75, 3.05) is 26.5 Å². The van der Waals surface area contributed by atoms with E-state index in [0.29, 0.717) is 17.1 Å². The maximum absolute atomic E-state index is 13.1. The lowest BCUT2D eigenvalue weighted by Gasteiger charge is -2.13. The van der Waals surface area contributed by atoms with Gasteiger partial charge in [-0.1, -0.05) is 12.1 Å². The van der Waals surface area contributed by atoms with Gasteiger partial charge in [-0.15, -0.1) is 0 Å². The molecule has 31 heavy (non-hydrogen) atoms. The number of fused-ring (bicyclic) bond motifs is 1. The molecule has 10 heteroatoms. The molecule has 2 heterocycles. The minimum absolute atomic E-state index is 0.0227. The molecule has 2 aromatic carbocycles. The number of imide groups is 1. The number of ether oxygens (including phenoxy) is 3. The predicted molar refractivity (Wildman–Crippen MR) is 110 cm³/mol. The molecule has 0 radical (unpaired) electrons. The van der Waals surface area contributed by atoms with Crippen LogP contribution in [-0.4, -0.2) is 48.4 Å². The van der Waals surface area contributed by atoms with Crippen LogP contribution < -0.4 is 19.5 Å². The molecule has 1 N–H and O–H groups in total. The van der Waals surface area contributed by atoms with Crippen molar-refractivity contribution >= 4 is 34.9 Å². The van der Waals surface area contributed by atoms with Gasteiger partial charge in [-0.3, -0.25) is 19.3 Å². The zero-order chi connectivity index (χ0) is 21.8. The molecule has 0 unspecified atom stereocenters. The zero-order valence-corrected chi connectivity index (χ0v) is 16.9. The quantitative estimate of drug-likeness (QED) is 0.657. The van der Waals surface area contributed by atoms with E-state index in [1.54, 1.807) is 24.3 Å². The summed E-state index contributed by atoms with van der Waals surface area (Å²) in [6.45, 7) is -0.0702. The Kier molecular flexibility index (Phi) is 6.08. The molecule has 1 saturated heterocycles. The molecule has 160 valence electrons. The highest BCUT2D eigenvalue weighted by molar-refractivity contribution is 8.18. The second kappa shape index (κ2) is 9.09. The number of nitrogens with one attached hydrogen (secondary N) is 1. The second-order valence-corrected chi connectivity index (χ2v) is 7.54. The van der Waals surface area contributed by atoms with E-state index in [4.69, 9.17) is 14.2 Å². The van der Waals surface area contributed by atoms with Crippen LogP contribution in [0.25, 0.3) is 6.08 Å². The normalized spacial score (nSPS) is 16.2. The first-order valence-electron chi connectivity index (χ1n) is 9.30. The number of carbonyl (C=O) groups excluding carboxylic acids is 3. The predicted octanol–water partition coefficient (Wildman–Crippen LogP) is 2.79. The van der Waals surface area contributed by atoms with Crippen LogP contribution in [0, 0.1) is 5.82 Å². The van der Waals surface area contributed by atoms with Crippen molar-refractivity contribution in [3.05, 3.63) is 58.8 Å². The fourth-order valence-electron chi connectivity index (χ4n) is 2.91. The number of benzene rings is 2. The van der Waals surface area contributed by atoms with Crippen molar-refractivity contribution in [3.63, 3.8) is 0 Å². The van der Waals surface area contributed by atoms with Gasteiger partial charge in [0.2, 0.25) is 6.79 Å². The van der Waals surface area contributed by atoms with Crippen LogP contribution in [0.1, 0.15) is 5.56 Å². The lowest BCUT2D eigenvalue weighted by Crippen LogP contribution is -2.38. The Bertz CT molecular complexity index is 1070. The van der Waals surface area contributed by atoms with Crippen LogP contribution in [0.2, 0.25) is 0 Å². The largest absolute Gasteiger partial charge is 0.484 e.